The molecule has 0 amide bonds. The SMILES string of the molecule is CCC1(c2cccc(N)c2)C2CN(CCCC3(C#N)CCCC3)CC21. The summed E-state index contributed by atoms with van der Waals surface area (Å²) in [5.74, 6) is 1.60. The van der Waals surface area contributed by atoms with E-state index in [1.54, 1.807) is 0 Å². The lowest BCUT2D eigenvalue weighted by Crippen LogP contribution is -2.31. The predicted octanol–water partition coefficient (Wildman–Crippen LogP) is 4.34. The molecule has 134 valence electrons. The number of nitriles is 1. The number of rotatable bonds is 6. The first-order valence-corrected chi connectivity index (χ1v) is 10.1. The average molecular weight is 338 g/mol. The van der Waals surface area contributed by atoms with Gasteiger partial charge in [0.15, 0.2) is 0 Å². The molecule has 2 unspecified atom stereocenters. The van der Waals surface area contributed by atoms with Gasteiger partial charge in [0.25, 0.3) is 0 Å². The zero-order valence-electron chi connectivity index (χ0n) is 15.5. The first-order valence-electron chi connectivity index (χ1n) is 10.1. The molecule has 2 N–H and O–H groups in total. The van der Waals surface area contributed by atoms with Gasteiger partial charge in [-0.3, -0.25) is 0 Å². The van der Waals surface area contributed by atoms with E-state index in [0.29, 0.717) is 5.41 Å². The van der Waals surface area contributed by atoms with E-state index >= 15 is 0 Å². The van der Waals surface area contributed by atoms with Crippen LogP contribution in [0.5, 0.6) is 0 Å². The lowest BCUT2D eigenvalue weighted by atomic mass is 9.83. The lowest BCUT2D eigenvalue weighted by molar-refractivity contribution is 0.247. The second-order valence-electron chi connectivity index (χ2n) is 8.69. The number of fused-ring (bicyclic) bond motifs is 1. The van der Waals surface area contributed by atoms with Crippen molar-refractivity contribution in [3.8, 4) is 6.07 Å². The van der Waals surface area contributed by atoms with Crippen LogP contribution >= 0.6 is 0 Å². The molecular weight excluding hydrogens is 306 g/mol. The third kappa shape index (κ3) is 2.75. The van der Waals surface area contributed by atoms with Crippen molar-refractivity contribution in [3.63, 3.8) is 0 Å². The maximum atomic E-state index is 9.53. The molecule has 1 heterocycles. The monoisotopic (exact) mass is 337 g/mol. The molecule has 2 aliphatic carbocycles. The Labute approximate surface area is 152 Å². The molecule has 1 aromatic carbocycles. The van der Waals surface area contributed by atoms with Gasteiger partial charge in [-0.15, -0.1) is 0 Å². The van der Waals surface area contributed by atoms with E-state index < -0.39 is 0 Å². The number of hydrogen-bond donors (Lipinski definition) is 1. The van der Waals surface area contributed by atoms with E-state index in [-0.39, 0.29) is 5.41 Å². The number of nitrogen functional groups attached to an aromatic ring is 1. The van der Waals surface area contributed by atoms with Gasteiger partial charge in [-0.25, -0.2) is 0 Å². The minimum atomic E-state index is 0.0113. The summed E-state index contributed by atoms with van der Waals surface area (Å²) in [6.07, 6.45) is 8.26. The number of nitrogens with two attached hydrogens (primary N) is 1. The molecule has 2 atom stereocenters. The Morgan fingerprint density at radius 3 is 2.56 bits per heavy atom. The van der Waals surface area contributed by atoms with Crippen LogP contribution in [0.15, 0.2) is 24.3 Å². The van der Waals surface area contributed by atoms with E-state index in [2.05, 4.69) is 36.1 Å². The smallest absolute Gasteiger partial charge is 0.0689 e. The third-order valence-corrected chi connectivity index (χ3v) is 7.55. The van der Waals surface area contributed by atoms with E-state index in [4.69, 9.17) is 5.73 Å². The Balaban J connectivity index is 1.32. The van der Waals surface area contributed by atoms with Gasteiger partial charge in [0.05, 0.1) is 11.5 Å². The van der Waals surface area contributed by atoms with Crippen molar-refractivity contribution in [2.24, 2.45) is 17.3 Å². The molecule has 3 nitrogen and oxygen atoms in total. The van der Waals surface area contributed by atoms with Gasteiger partial charge in [-0.1, -0.05) is 31.9 Å². The van der Waals surface area contributed by atoms with Crippen LogP contribution in [0.2, 0.25) is 0 Å². The van der Waals surface area contributed by atoms with Crippen LogP contribution in [0.4, 0.5) is 5.69 Å². The van der Waals surface area contributed by atoms with Crippen molar-refractivity contribution < 1.29 is 0 Å². The molecule has 0 radical (unpaired) electrons. The highest BCUT2D eigenvalue weighted by atomic mass is 15.2. The summed E-state index contributed by atoms with van der Waals surface area (Å²) < 4.78 is 0. The zero-order valence-corrected chi connectivity index (χ0v) is 15.5. The molecular formula is C22H31N3. The number of benzene rings is 1. The van der Waals surface area contributed by atoms with E-state index in [1.165, 1.54) is 50.9 Å². The molecule has 4 rings (SSSR count). The number of likely N-dealkylation sites (tertiary alicyclic amines) is 1. The van der Waals surface area contributed by atoms with Crippen LogP contribution < -0.4 is 5.73 Å². The van der Waals surface area contributed by atoms with Gasteiger partial charge in [-0.05, 0) is 68.2 Å². The highest BCUT2D eigenvalue weighted by Crippen LogP contribution is 2.65. The molecule has 0 aromatic heterocycles. The molecule has 2 saturated carbocycles. The highest BCUT2D eigenvalue weighted by molar-refractivity contribution is 5.48. The molecule has 3 fully saturated rings. The summed E-state index contributed by atoms with van der Waals surface area (Å²) in [6, 6.07) is 11.2. The molecule has 3 heteroatoms. The predicted molar refractivity (Wildman–Crippen MR) is 102 cm³/mol. The molecule has 0 bridgehead atoms. The zero-order chi connectivity index (χ0) is 17.5. The van der Waals surface area contributed by atoms with Crippen molar-refractivity contribution in [1.82, 2.24) is 4.90 Å². The van der Waals surface area contributed by atoms with Crippen molar-refractivity contribution in [3.05, 3.63) is 29.8 Å². The van der Waals surface area contributed by atoms with E-state index in [0.717, 1.165) is 36.8 Å². The Morgan fingerprint density at radius 1 is 1.24 bits per heavy atom. The van der Waals surface area contributed by atoms with E-state index in [1.807, 2.05) is 6.07 Å². The average Bonchev–Trinajstić information content (AvgIpc) is 3.00. The molecule has 1 aromatic rings. The standard InChI is InChI=1S/C22H31N3/c1-2-22(17-7-5-8-18(24)13-17)19-14-25(15-20(19)22)12-6-11-21(16-23)9-3-4-10-21/h5,7-8,13,19-20H,2-4,6,9-12,14-15,24H2,1H3. The minimum Gasteiger partial charge on any atom is -0.399 e. The maximum absolute atomic E-state index is 9.53. The first kappa shape index (κ1) is 16.9. The summed E-state index contributed by atoms with van der Waals surface area (Å²) in [7, 11) is 0. The van der Waals surface area contributed by atoms with Gasteiger partial charge in [0, 0.05) is 24.2 Å². The van der Waals surface area contributed by atoms with E-state index in [9.17, 15) is 5.26 Å². The van der Waals surface area contributed by atoms with Gasteiger partial charge in [0.2, 0.25) is 0 Å². The second kappa shape index (κ2) is 6.32. The largest absolute Gasteiger partial charge is 0.399 e. The summed E-state index contributed by atoms with van der Waals surface area (Å²) in [6.45, 7) is 5.97. The fraction of sp³-hybridized carbons (Fsp3) is 0.682. The third-order valence-electron chi connectivity index (χ3n) is 7.55. The van der Waals surface area contributed by atoms with Crippen molar-refractivity contribution >= 4 is 5.69 Å². The fourth-order valence-corrected chi connectivity index (χ4v) is 6.09. The van der Waals surface area contributed by atoms with Crippen LogP contribution in [-0.4, -0.2) is 24.5 Å². The van der Waals surface area contributed by atoms with Crippen molar-refractivity contribution in [2.45, 2.75) is 57.3 Å². The van der Waals surface area contributed by atoms with Gasteiger partial charge in [0.1, 0.15) is 0 Å². The highest BCUT2D eigenvalue weighted by Gasteiger charge is 2.67. The Kier molecular flexibility index (Phi) is 4.28. The lowest BCUT2D eigenvalue weighted by Gasteiger charge is -2.28. The fourth-order valence-electron chi connectivity index (χ4n) is 6.09. The van der Waals surface area contributed by atoms with Crippen LogP contribution in [-0.2, 0) is 5.41 Å². The molecule has 1 aliphatic heterocycles. The van der Waals surface area contributed by atoms with Crippen LogP contribution in [0.25, 0.3) is 0 Å². The molecule has 1 saturated heterocycles. The Bertz CT molecular complexity index is 656. The second-order valence-corrected chi connectivity index (χ2v) is 8.69. The molecule has 3 aliphatic rings. The molecule has 0 spiro atoms. The number of anilines is 1. The summed E-state index contributed by atoms with van der Waals surface area (Å²) in [5.41, 5.74) is 8.77. The number of hydrogen-bond acceptors (Lipinski definition) is 3. The van der Waals surface area contributed by atoms with Crippen LogP contribution in [0.3, 0.4) is 0 Å². The number of piperidine rings is 1. The summed E-state index contributed by atoms with van der Waals surface area (Å²) >= 11 is 0. The normalized spacial score (nSPS) is 33.1. The van der Waals surface area contributed by atoms with Crippen molar-refractivity contribution in [2.75, 3.05) is 25.4 Å². The van der Waals surface area contributed by atoms with Gasteiger partial charge in [-0.2, -0.15) is 5.26 Å². The van der Waals surface area contributed by atoms with Gasteiger partial charge >= 0.3 is 0 Å². The van der Waals surface area contributed by atoms with Crippen LogP contribution in [0, 0.1) is 28.6 Å². The summed E-state index contributed by atoms with van der Waals surface area (Å²) in [5, 5.41) is 9.53. The topological polar surface area (TPSA) is 53.0 Å². The maximum Gasteiger partial charge on any atom is 0.0689 e. The number of nitrogens with zero attached hydrogens (tertiary/aromatic N) is 2. The van der Waals surface area contributed by atoms with Gasteiger partial charge < -0.3 is 10.6 Å². The molecule has 25 heavy (non-hydrogen) atoms. The quantitative estimate of drug-likeness (QED) is 0.786. The Hall–Kier alpha value is -1.53. The van der Waals surface area contributed by atoms with Crippen molar-refractivity contribution in [1.29, 1.82) is 5.26 Å². The van der Waals surface area contributed by atoms with Crippen LogP contribution in [0.1, 0.15) is 57.4 Å². The Morgan fingerprint density at radius 2 is 1.96 bits per heavy atom. The first-order chi connectivity index (χ1) is 12.1. The summed E-state index contributed by atoms with van der Waals surface area (Å²) in [4.78, 5) is 2.65. The minimum absolute atomic E-state index is 0.0113.